The number of carboxylic acids is 1. The smallest absolute Gasteiger partial charge is 0.326 e. The average molecular weight is 268 g/mol. The molecule has 0 aromatic rings. The van der Waals surface area contributed by atoms with Crippen molar-refractivity contribution in [2.45, 2.75) is 46.1 Å². The standard InChI is InChI=1S/C14H24N2O3/c1-4-11-6-8-16(12(9-11)13(17)18)14(19)15-7-5-10(2)3/h5,11-12H,4,6-9H2,1-3H3,(H,15,19)(H,17,18). The molecule has 1 heterocycles. The molecule has 19 heavy (non-hydrogen) atoms. The van der Waals surface area contributed by atoms with Gasteiger partial charge in [-0.15, -0.1) is 0 Å². The molecule has 2 N–H and O–H groups in total. The summed E-state index contributed by atoms with van der Waals surface area (Å²) in [6, 6.07) is -0.968. The molecular weight excluding hydrogens is 244 g/mol. The van der Waals surface area contributed by atoms with E-state index in [0.717, 1.165) is 18.4 Å². The molecule has 0 bridgehead atoms. The number of carboxylic acid groups (broad SMARTS) is 1. The maximum absolute atomic E-state index is 12.0. The van der Waals surface area contributed by atoms with Gasteiger partial charge in [0.1, 0.15) is 6.04 Å². The molecule has 0 aromatic heterocycles. The molecule has 0 saturated carbocycles. The molecule has 1 rings (SSSR count). The molecule has 0 spiro atoms. The molecule has 2 atom stereocenters. The second-order valence-electron chi connectivity index (χ2n) is 5.31. The summed E-state index contributed by atoms with van der Waals surface area (Å²) >= 11 is 0. The number of carbonyl (C=O) groups is 2. The summed E-state index contributed by atoms with van der Waals surface area (Å²) in [5.74, 6) is -0.501. The Kier molecular flexibility index (Phi) is 5.86. The van der Waals surface area contributed by atoms with Crippen LogP contribution in [-0.2, 0) is 4.79 Å². The first-order valence-electron chi connectivity index (χ1n) is 6.86. The number of rotatable bonds is 4. The number of allylic oxidation sites excluding steroid dienone is 1. The zero-order chi connectivity index (χ0) is 14.4. The van der Waals surface area contributed by atoms with Crippen molar-refractivity contribution in [3.8, 4) is 0 Å². The summed E-state index contributed by atoms with van der Waals surface area (Å²) in [5, 5.41) is 12.0. The van der Waals surface area contributed by atoms with Crippen LogP contribution in [0.2, 0.25) is 0 Å². The van der Waals surface area contributed by atoms with Crippen molar-refractivity contribution in [2.24, 2.45) is 5.92 Å². The molecule has 1 aliphatic heterocycles. The number of amides is 2. The van der Waals surface area contributed by atoms with Gasteiger partial charge in [-0.2, -0.15) is 0 Å². The lowest BCUT2D eigenvalue weighted by atomic mass is 9.89. The van der Waals surface area contributed by atoms with Crippen molar-refractivity contribution in [2.75, 3.05) is 13.1 Å². The van der Waals surface area contributed by atoms with Gasteiger partial charge in [0.05, 0.1) is 0 Å². The first-order chi connectivity index (χ1) is 8.95. The predicted octanol–water partition coefficient (Wildman–Crippen LogP) is 2.24. The molecule has 108 valence electrons. The largest absolute Gasteiger partial charge is 0.480 e. The fourth-order valence-corrected chi connectivity index (χ4v) is 2.33. The van der Waals surface area contributed by atoms with Gasteiger partial charge in [0.15, 0.2) is 0 Å². The molecule has 5 heteroatoms. The third kappa shape index (κ3) is 4.58. The molecule has 1 fully saturated rings. The van der Waals surface area contributed by atoms with E-state index in [9.17, 15) is 14.7 Å². The third-order valence-electron chi connectivity index (χ3n) is 3.60. The highest BCUT2D eigenvalue weighted by atomic mass is 16.4. The highest BCUT2D eigenvalue weighted by Gasteiger charge is 2.35. The quantitative estimate of drug-likeness (QED) is 0.768. The fraction of sp³-hybridized carbons (Fsp3) is 0.714. The Bertz CT molecular complexity index is 362. The monoisotopic (exact) mass is 268 g/mol. The third-order valence-corrected chi connectivity index (χ3v) is 3.60. The molecule has 2 amide bonds. The number of urea groups is 1. The second-order valence-corrected chi connectivity index (χ2v) is 5.31. The van der Waals surface area contributed by atoms with Crippen LogP contribution >= 0.6 is 0 Å². The Labute approximate surface area is 114 Å². The van der Waals surface area contributed by atoms with Crippen LogP contribution in [0.4, 0.5) is 4.79 Å². The summed E-state index contributed by atoms with van der Waals surface area (Å²) in [7, 11) is 0. The van der Waals surface area contributed by atoms with Crippen LogP contribution in [0.5, 0.6) is 0 Å². The van der Waals surface area contributed by atoms with E-state index in [0.29, 0.717) is 25.4 Å². The summed E-state index contributed by atoms with van der Waals surface area (Å²) in [4.78, 5) is 24.7. The van der Waals surface area contributed by atoms with E-state index in [-0.39, 0.29) is 6.03 Å². The van der Waals surface area contributed by atoms with Crippen LogP contribution in [0.25, 0.3) is 0 Å². The van der Waals surface area contributed by atoms with Gasteiger partial charge in [-0.25, -0.2) is 9.59 Å². The molecule has 0 radical (unpaired) electrons. The highest BCUT2D eigenvalue weighted by Crippen LogP contribution is 2.25. The average Bonchev–Trinajstić information content (AvgIpc) is 2.37. The topological polar surface area (TPSA) is 69.6 Å². The predicted molar refractivity (Wildman–Crippen MR) is 74.0 cm³/mol. The normalized spacial score (nSPS) is 22.8. The van der Waals surface area contributed by atoms with E-state index in [1.54, 1.807) is 0 Å². The second kappa shape index (κ2) is 7.16. The van der Waals surface area contributed by atoms with E-state index in [2.05, 4.69) is 12.2 Å². The molecule has 1 aliphatic rings. The molecule has 2 unspecified atom stereocenters. The van der Waals surface area contributed by atoms with E-state index in [1.165, 1.54) is 4.90 Å². The number of hydrogen-bond acceptors (Lipinski definition) is 2. The minimum absolute atomic E-state index is 0.278. The van der Waals surface area contributed by atoms with Crippen molar-refractivity contribution in [3.05, 3.63) is 11.6 Å². The summed E-state index contributed by atoms with van der Waals surface area (Å²) in [5.41, 5.74) is 1.12. The zero-order valence-corrected chi connectivity index (χ0v) is 12.0. The summed E-state index contributed by atoms with van der Waals surface area (Å²) in [6.45, 7) is 6.95. The van der Waals surface area contributed by atoms with Gasteiger partial charge in [0, 0.05) is 13.1 Å². The van der Waals surface area contributed by atoms with Gasteiger partial charge in [0.25, 0.3) is 0 Å². The lowest BCUT2D eigenvalue weighted by molar-refractivity contribution is -0.144. The number of hydrogen-bond donors (Lipinski definition) is 2. The Balaban J connectivity index is 2.61. The molecular formula is C14H24N2O3. The maximum atomic E-state index is 12.0. The Morgan fingerprint density at radius 2 is 2.11 bits per heavy atom. The molecule has 0 aliphatic carbocycles. The van der Waals surface area contributed by atoms with Crippen LogP contribution in [0.1, 0.15) is 40.0 Å². The van der Waals surface area contributed by atoms with E-state index in [1.807, 2.05) is 19.9 Å². The Morgan fingerprint density at radius 3 is 2.63 bits per heavy atom. The lowest BCUT2D eigenvalue weighted by Crippen LogP contribution is -2.53. The van der Waals surface area contributed by atoms with Crippen LogP contribution in [-0.4, -0.2) is 41.1 Å². The number of likely N-dealkylation sites (tertiary alicyclic amines) is 1. The number of nitrogens with zero attached hydrogens (tertiary/aromatic N) is 1. The van der Waals surface area contributed by atoms with E-state index < -0.39 is 12.0 Å². The van der Waals surface area contributed by atoms with Crippen LogP contribution in [0.15, 0.2) is 11.6 Å². The molecule has 5 nitrogen and oxygen atoms in total. The number of piperidine rings is 1. The number of aliphatic carboxylic acids is 1. The van der Waals surface area contributed by atoms with E-state index >= 15 is 0 Å². The minimum atomic E-state index is -0.907. The van der Waals surface area contributed by atoms with Gasteiger partial charge < -0.3 is 15.3 Å². The maximum Gasteiger partial charge on any atom is 0.326 e. The van der Waals surface area contributed by atoms with E-state index in [4.69, 9.17) is 0 Å². The van der Waals surface area contributed by atoms with Crippen molar-refractivity contribution >= 4 is 12.0 Å². The van der Waals surface area contributed by atoms with Crippen molar-refractivity contribution in [3.63, 3.8) is 0 Å². The fourth-order valence-electron chi connectivity index (χ4n) is 2.33. The van der Waals surface area contributed by atoms with Gasteiger partial charge in [-0.3, -0.25) is 0 Å². The van der Waals surface area contributed by atoms with Crippen molar-refractivity contribution in [1.29, 1.82) is 0 Å². The first kappa shape index (κ1) is 15.5. The minimum Gasteiger partial charge on any atom is -0.480 e. The van der Waals surface area contributed by atoms with Gasteiger partial charge in [-0.1, -0.05) is 25.0 Å². The number of nitrogens with one attached hydrogen (secondary N) is 1. The molecule has 0 aromatic carbocycles. The van der Waals surface area contributed by atoms with Crippen LogP contribution in [0, 0.1) is 5.92 Å². The Morgan fingerprint density at radius 1 is 1.42 bits per heavy atom. The SMILES string of the molecule is CCC1CCN(C(=O)NCC=C(C)C)C(C(=O)O)C1. The van der Waals surface area contributed by atoms with Gasteiger partial charge >= 0.3 is 12.0 Å². The zero-order valence-electron chi connectivity index (χ0n) is 12.0. The molecule has 1 saturated heterocycles. The van der Waals surface area contributed by atoms with Crippen molar-refractivity contribution in [1.82, 2.24) is 10.2 Å². The van der Waals surface area contributed by atoms with Crippen LogP contribution < -0.4 is 5.32 Å². The lowest BCUT2D eigenvalue weighted by Gasteiger charge is -2.36. The van der Waals surface area contributed by atoms with Crippen LogP contribution in [0.3, 0.4) is 0 Å². The van der Waals surface area contributed by atoms with Gasteiger partial charge in [0.2, 0.25) is 0 Å². The number of carbonyl (C=O) groups excluding carboxylic acids is 1. The Hall–Kier alpha value is -1.52. The van der Waals surface area contributed by atoms with Gasteiger partial charge in [-0.05, 0) is 32.6 Å². The first-order valence-corrected chi connectivity index (χ1v) is 6.86. The van der Waals surface area contributed by atoms with Crippen molar-refractivity contribution < 1.29 is 14.7 Å². The highest BCUT2D eigenvalue weighted by molar-refractivity contribution is 5.83. The summed E-state index contributed by atoms with van der Waals surface area (Å²) < 4.78 is 0. The summed E-state index contributed by atoms with van der Waals surface area (Å²) in [6.07, 6.45) is 4.32.